The average Bonchev–Trinajstić information content (AvgIpc) is 2.08. The Bertz CT molecular complexity index is 276. The first-order valence-corrected chi connectivity index (χ1v) is 4.69. The molecule has 0 aliphatic carbocycles. The largest absolute Gasteiger partial charge is 0.494 e. The molecule has 13 heavy (non-hydrogen) atoms. The van der Waals surface area contributed by atoms with Crippen molar-refractivity contribution in [2.75, 3.05) is 6.61 Å². The van der Waals surface area contributed by atoms with Crippen molar-refractivity contribution in [3.05, 3.63) is 35.2 Å². The van der Waals surface area contributed by atoms with Crippen LogP contribution < -0.4 is 4.74 Å². The van der Waals surface area contributed by atoms with Gasteiger partial charge in [0, 0.05) is 0 Å². The lowest BCUT2D eigenvalue weighted by atomic mass is 10.0. The van der Waals surface area contributed by atoms with Crippen molar-refractivity contribution in [2.45, 2.75) is 27.7 Å². The summed E-state index contributed by atoms with van der Waals surface area (Å²) in [5, 5.41) is 0. The molecule has 1 radical (unpaired) electrons. The van der Waals surface area contributed by atoms with E-state index in [0.29, 0.717) is 0 Å². The predicted octanol–water partition coefficient (Wildman–Crippen LogP) is 3.36. The molecule has 1 rings (SSSR count). The Hall–Kier alpha value is -0.980. The molecule has 1 heteroatoms. The van der Waals surface area contributed by atoms with Gasteiger partial charge in [0.1, 0.15) is 5.75 Å². The number of hydrogen-bond acceptors (Lipinski definition) is 1. The van der Waals surface area contributed by atoms with Crippen LogP contribution >= 0.6 is 0 Å². The third kappa shape index (κ3) is 2.48. The molecule has 0 unspecified atom stereocenters. The van der Waals surface area contributed by atoms with Gasteiger partial charge in [0.25, 0.3) is 0 Å². The van der Waals surface area contributed by atoms with Crippen molar-refractivity contribution in [2.24, 2.45) is 0 Å². The Kier molecular flexibility index (Phi) is 3.35. The second-order valence-corrected chi connectivity index (χ2v) is 3.41. The summed E-state index contributed by atoms with van der Waals surface area (Å²) in [6.45, 7) is 9.03. The molecule has 0 atom stereocenters. The number of ether oxygens (including phenoxy) is 1. The van der Waals surface area contributed by atoms with Crippen molar-refractivity contribution >= 4 is 0 Å². The van der Waals surface area contributed by atoms with Gasteiger partial charge in [-0.05, 0) is 37.0 Å². The van der Waals surface area contributed by atoms with E-state index < -0.39 is 0 Å². The van der Waals surface area contributed by atoms with E-state index in [2.05, 4.69) is 39.0 Å². The molecule has 1 aromatic rings. The van der Waals surface area contributed by atoms with Crippen LogP contribution in [0.1, 0.15) is 31.9 Å². The normalized spacial score (nSPS) is 10.5. The minimum Gasteiger partial charge on any atom is -0.494 e. The van der Waals surface area contributed by atoms with E-state index >= 15 is 0 Å². The second kappa shape index (κ2) is 4.31. The van der Waals surface area contributed by atoms with Gasteiger partial charge in [0.05, 0.1) is 6.61 Å². The predicted molar refractivity (Wildman–Crippen MR) is 56.0 cm³/mol. The highest BCUT2D eigenvalue weighted by atomic mass is 16.5. The van der Waals surface area contributed by atoms with Gasteiger partial charge < -0.3 is 4.74 Å². The SMILES string of the molecule is CCOc1cc([C](C)C)ccc1C. The zero-order valence-electron chi connectivity index (χ0n) is 8.85. The van der Waals surface area contributed by atoms with E-state index in [9.17, 15) is 0 Å². The van der Waals surface area contributed by atoms with Crippen LogP contribution in [0.15, 0.2) is 18.2 Å². The highest BCUT2D eigenvalue weighted by molar-refractivity contribution is 5.41. The Morgan fingerprint density at radius 1 is 1.31 bits per heavy atom. The van der Waals surface area contributed by atoms with Gasteiger partial charge in [-0.1, -0.05) is 26.0 Å². The summed E-state index contributed by atoms with van der Waals surface area (Å²) in [4.78, 5) is 0. The first-order valence-electron chi connectivity index (χ1n) is 4.69. The standard InChI is InChI=1S/C12H17O/c1-5-13-12-8-11(9(2)3)7-6-10(12)4/h6-8H,5H2,1-4H3. The molecule has 0 saturated carbocycles. The number of aryl methyl sites for hydroxylation is 1. The number of hydrogen-bond donors (Lipinski definition) is 0. The molecule has 1 aromatic carbocycles. The topological polar surface area (TPSA) is 9.23 Å². The van der Waals surface area contributed by atoms with Gasteiger partial charge in [-0.15, -0.1) is 0 Å². The Morgan fingerprint density at radius 3 is 2.54 bits per heavy atom. The summed E-state index contributed by atoms with van der Waals surface area (Å²) in [7, 11) is 0. The quantitative estimate of drug-likeness (QED) is 0.688. The second-order valence-electron chi connectivity index (χ2n) is 3.41. The fourth-order valence-corrected chi connectivity index (χ4v) is 1.22. The highest BCUT2D eigenvalue weighted by Gasteiger charge is 2.03. The van der Waals surface area contributed by atoms with Crippen molar-refractivity contribution < 1.29 is 4.74 Å². The van der Waals surface area contributed by atoms with Gasteiger partial charge in [-0.2, -0.15) is 0 Å². The van der Waals surface area contributed by atoms with E-state index in [1.807, 2.05) is 6.92 Å². The molecule has 0 N–H and O–H groups in total. The molecule has 0 aliphatic heterocycles. The molecule has 0 aromatic heterocycles. The lowest BCUT2D eigenvalue weighted by Gasteiger charge is -2.10. The fraction of sp³-hybridized carbons (Fsp3) is 0.417. The summed E-state index contributed by atoms with van der Waals surface area (Å²) in [5.74, 6) is 2.32. The van der Waals surface area contributed by atoms with Crippen molar-refractivity contribution in [3.8, 4) is 5.75 Å². The minimum absolute atomic E-state index is 0.729. The van der Waals surface area contributed by atoms with Gasteiger partial charge in [0.2, 0.25) is 0 Å². The molecular weight excluding hydrogens is 160 g/mol. The summed E-state index contributed by atoms with van der Waals surface area (Å²) < 4.78 is 5.51. The molecule has 1 nitrogen and oxygen atoms in total. The first-order chi connectivity index (χ1) is 6.15. The third-order valence-corrected chi connectivity index (χ3v) is 2.07. The van der Waals surface area contributed by atoms with E-state index in [0.717, 1.165) is 12.4 Å². The minimum atomic E-state index is 0.729. The fourth-order valence-electron chi connectivity index (χ4n) is 1.22. The molecular formula is C12H17O. The van der Waals surface area contributed by atoms with Crippen LogP contribution in [-0.2, 0) is 0 Å². The van der Waals surface area contributed by atoms with Crippen LogP contribution in [-0.4, -0.2) is 6.61 Å². The summed E-state index contributed by atoms with van der Waals surface area (Å²) in [5.41, 5.74) is 2.46. The van der Waals surface area contributed by atoms with E-state index in [1.165, 1.54) is 17.0 Å². The van der Waals surface area contributed by atoms with Gasteiger partial charge >= 0.3 is 0 Å². The first kappa shape index (κ1) is 10.1. The Labute approximate surface area is 80.7 Å². The summed E-state index contributed by atoms with van der Waals surface area (Å²) in [6.07, 6.45) is 0. The Morgan fingerprint density at radius 2 is 2.00 bits per heavy atom. The molecule has 0 aliphatic rings. The zero-order chi connectivity index (χ0) is 9.84. The number of rotatable bonds is 3. The molecule has 0 bridgehead atoms. The monoisotopic (exact) mass is 177 g/mol. The maximum Gasteiger partial charge on any atom is 0.122 e. The molecule has 71 valence electrons. The summed E-state index contributed by atoms with van der Waals surface area (Å²) >= 11 is 0. The van der Waals surface area contributed by atoms with E-state index in [-0.39, 0.29) is 0 Å². The Balaban J connectivity index is 2.97. The average molecular weight is 177 g/mol. The van der Waals surface area contributed by atoms with Crippen molar-refractivity contribution in [3.63, 3.8) is 0 Å². The number of benzene rings is 1. The highest BCUT2D eigenvalue weighted by Crippen LogP contribution is 2.23. The maximum atomic E-state index is 5.51. The lowest BCUT2D eigenvalue weighted by molar-refractivity contribution is 0.337. The summed E-state index contributed by atoms with van der Waals surface area (Å²) in [6, 6.07) is 6.34. The van der Waals surface area contributed by atoms with Crippen LogP contribution in [0.3, 0.4) is 0 Å². The molecule has 0 saturated heterocycles. The lowest BCUT2D eigenvalue weighted by Crippen LogP contribution is -1.96. The van der Waals surface area contributed by atoms with Crippen LogP contribution in [0.5, 0.6) is 5.75 Å². The van der Waals surface area contributed by atoms with Gasteiger partial charge in [0.15, 0.2) is 0 Å². The van der Waals surface area contributed by atoms with Crippen LogP contribution in [0.25, 0.3) is 0 Å². The smallest absolute Gasteiger partial charge is 0.122 e. The molecule has 0 amide bonds. The van der Waals surface area contributed by atoms with E-state index in [4.69, 9.17) is 4.74 Å². The maximum absolute atomic E-state index is 5.51. The van der Waals surface area contributed by atoms with Crippen LogP contribution in [0.4, 0.5) is 0 Å². The van der Waals surface area contributed by atoms with Gasteiger partial charge in [-0.3, -0.25) is 0 Å². The zero-order valence-corrected chi connectivity index (χ0v) is 8.85. The van der Waals surface area contributed by atoms with Crippen molar-refractivity contribution in [1.29, 1.82) is 0 Å². The molecule has 0 fully saturated rings. The van der Waals surface area contributed by atoms with Crippen LogP contribution in [0.2, 0.25) is 0 Å². The van der Waals surface area contributed by atoms with Crippen molar-refractivity contribution in [1.82, 2.24) is 0 Å². The molecule has 0 heterocycles. The molecule has 0 spiro atoms. The van der Waals surface area contributed by atoms with Crippen LogP contribution in [0, 0.1) is 12.8 Å². The third-order valence-electron chi connectivity index (χ3n) is 2.07. The van der Waals surface area contributed by atoms with E-state index in [1.54, 1.807) is 0 Å². The van der Waals surface area contributed by atoms with Gasteiger partial charge in [-0.25, -0.2) is 0 Å².